The minimum atomic E-state index is -0.998. The Bertz CT molecular complexity index is 1060. The van der Waals surface area contributed by atoms with Crippen LogP contribution in [0.25, 0.3) is 11.1 Å². The Morgan fingerprint density at radius 1 is 1.23 bits per heavy atom. The number of H-pyrrole nitrogens is 1. The normalized spacial score (nSPS) is 10.3. The van der Waals surface area contributed by atoms with Gasteiger partial charge in [0.05, 0.1) is 16.2 Å². The van der Waals surface area contributed by atoms with Crippen molar-refractivity contribution in [1.82, 2.24) is 9.97 Å². The SMILES string of the molecule is N#Cc1c(-c2ccncc2)cc(=O)[nH]c1SCc1cccc(C(=O)O)c1. The second kappa shape index (κ2) is 7.68. The molecule has 0 radical (unpaired) electrons. The largest absolute Gasteiger partial charge is 0.478 e. The van der Waals surface area contributed by atoms with Gasteiger partial charge in [0.1, 0.15) is 6.07 Å². The molecule has 0 aliphatic carbocycles. The average molecular weight is 363 g/mol. The highest BCUT2D eigenvalue weighted by Crippen LogP contribution is 2.30. The van der Waals surface area contributed by atoms with Crippen molar-refractivity contribution in [2.24, 2.45) is 0 Å². The second-order valence-electron chi connectivity index (χ2n) is 5.39. The Morgan fingerprint density at radius 3 is 2.69 bits per heavy atom. The lowest BCUT2D eigenvalue weighted by Crippen LogP contribution is -2.08. The van der Waals surface area contributed by atoms with Crippen LogP contribution in [-0.4, -0.2) is 21.0 Å². The third-order valence-electron chi connectivity index (χ3n) is 3.67. The Kier molecular flexibility index (Phi) is 5.15. The molecule has 2 aromatic heterocycles. The summed E-state index contributed by atoms with van der Waals surface area (Å²) in [6, 6.07) is 13.6. The average Bonchev–Trinajstić information content (AvgIpc) is 2.66. The first-order valence-corrected chi connectivity index (χ1v) is 8.60. The van der Waals surface area contributed by atoms with Gasteiger partial charge in [0.25, 0.3) is 0 Å². The first-order valence-electron chi connectivity index (χ1n) is 7.61. The van der Waals surface area contributed by atoms with Crippen molar-refractivity contribution in [3.8, 4) is 17.2 Å². The standard InChI is InChI=1S/C19H13N3O3S/c20-10-16-15(13-4-6-21-7-5-13)9-17(23)22-18(16)26-11-12-2-1-3-14(8-12)19(24)25/h1-9H,11H2,(H,22,23)(H,24,25). The van der Waals surface area contributed by atoms with Crippen LogP contribution in [0.15, 0.2) is 64.7 Å². The van der Waals surface area contributed by atoms with Crippen LogP contribution in [0.5, 0.6) is 0 Å². The number of nitrogens with one attached hydrogen (secondary N) is 1. The highest BCUT2D eigenvalue weighted by Gasteiger charge is 2.13. The molecule has 0 amide bonds. The van der Waals surface area contributed by atoms with E-state index in [4.69, 9.17) is 5.11 Å². The highest BCUT2D eigenvalue weighted by molar-refractivity contribution is 7.98. The molecule has 26 heavy (non-hydrogen) atoms. The van der Waals surface area contributed by atoms with Gasteiger partial charge in [-0.2, -0.15) is 5.26 Å². The van der Waals surface area contributed by atoms with E-state index in [2.05, 4.69) is 16.0 Å². The summed E-state index contributed by atoms with van der Waals surface area (Å²) in [7, 11) is 0. The van der Waals surface area contributed by atoms with Crippen LogP contribution in [0.2, 0.25) is 0 Å². The molecule has 0 unspecified atom stereocenters. The summed E-state index contributed by atoms with van der Waals surface area (Å²) in [6.45, 7) is 0. The van der Waals surface area contributed by atoms with E-state index < -0.39 is 5.97 Å². The second-order valence-corrected chi connectivity index (χ2v) is 6.38. The van der Waals surface area contributed by atoms with Crippen molar-refractivity contribution >= 4 is 17.7 Å². The number of aromatic carboxylic acids is 1. The van der Waals surface area contributed by atoms with E-state index in [-0.39, 0.29) is 11.1 Å². The van der Waals surface area contributed by atoms with Gasteiger partial charge in [-0.1, -0.05) is 12.1 Å². The van der Waals surface area contributed by atoms with E-state index in [0.717, 1.165) is 11.1 Å². The molecule has 0 bridgehead atoms. The number of carboxylic acids is 1. The van der Waals surface area contributed by atoms with Gasteiger partial charge < -0.3 is 10.1 Å². The monoisotopic (exact) mass is 363 g/mol. The molecular formula is C19H13N3O3S. The molecule has 0 atom stereocenters. The molecule has 0 saturated carbocycles. The van der Waals surface area contributed by atoms with Crippen molar-refractivity contribution in [3.63, 3.8) is 0 Å². The quantitative estimate of drug-likeness (QED) is 0.674. The molecule has 128 valence electrons. The van der Waals surface area contributed by atoms with E-state index in [1.807, 2.05) is 0 Å². The van der Waals surface area contributed by atoms with Crippen molar-refractivity contribution < 1.29 is 9.90 Å². The first-order chi connectivity index (χ1) is 12.6. The smallest absolute Gasteiger partial charge is 0.335 e. The number of aromatic amines is 1. The molecule has 2 heterocycles. The number of carboxylic acid groups (broad SMARTS) is 1. The summed E-state index contributed by atoms with van der Waals surface area (Å²) in [5.41, 5.74) is 2.32. The Hall–Kier alpha value is -3.37. The van der Waals surface area contributed by atoms with Gasteiger partial charge in [-0.15, -0.1) is 11.8 Å². The van der Waals surface area contributed by atoms with Crippen LogP contribution in [0.4, 0.5) is 0 Å². The van der Waals surface area contributed by atoms with Crippen LogP contribution < -0.4 is 5.56 Å². The number of hydrogen-bond donors (Lipinski definition) is 2. The molecule has 0 aliphatic heterocycles. The zero-order valence-corrected chi connectivity index (χ0v) is 14.3. The topological polar surface area (TPSA) is 107 Å². The highest BCUT2D eigenvalue weighted by atomic mass is 32.2. The third kappa shape index (κ3) is 3.82. The minimum absolute atomic E-state index is 0.197. The zero-order chi connectivity index (χ0) is 18.5. The van der Waals surface area contributed by atoms with Crippen molar-refractivity contribution in [2.75, 3.05) is 0 Å². The predicted octanol–water partition coefficient (Wildman–Crippen LogP) is 3.30. The molecule has 6 nitrogen and oxygen atoms in total. The number of hydrogen-bond acceptors (Lipinski definition) is 5. The van der Waals surface area contributed by atoms with E-state index in [1.54, 1.807) is 42.7 Å². The van der Waals surface area contributed by atoms with Gasteiger partial charge in [0, 0.05) is 29.8 Å². The van der Waals surface area contributed by atoms with Crippen molar-refractivity contribution in [1.29, 1.82) is 5.26 Å². The maximum Gasteiger partial charge on any atom is 0.335 e. The molecule has 3 rings (SSSR count). The summed E-state index contributed by atoms with van der Waals surface area (Å²) >= 11 is 1.28. The number of carbonyl (C=O) groups is 1. The third-order valence-corrected chi connectivity index (χ3v) is 4.74. The van der Waals surface area contributed by atoms with Gasteiger partial charge in [-0.3, -0.25) is 9.78 Å². The minimum Gasteiger partial charge on any atom is -0.478 e. The fourth-order valence-electron chi connectivity index (χ4n) is 2.46. The van der Waals surface area contributed by atoms with E-state index >= 15 is 0 Å². The van der Waals surface area contributed by atoms with Gasteiger partial charge in [0.15, 0.2) is 0 Å². The Balaban J connectivity index is 1.95. The van der Waals surface area contributed by atoms with E-state index in [0.29, 0.717) is 21.9 Å². The maximum absolute atomic E-state index is 12.0. The molecule has 0 saturated heterocycles. The van der Waals surface area contributed by atoms with Crippen LogP contribution >= 0.6 is 11.8 Å². The lowest BCUT2D eigenvalue weighted by molar-refractivity contribution is 0.0697. The first kappa shape index (κ1) is 17.5. The molecule has 0 spiro atoms. The summed E-state index contributed by atoms with van der Waals surface area (Å²) in [6.07, 6.45) is 3.20. The predicted molar refractivity (Wildman–Crippen MR) is 98.0 cm³/mol. The Labute approximate surface area is 153 Å². The van der Waals surface area contributed by atoms with Crippen LogP contribution in [0.1, 0.15) is 21.5 Å². The van der Waals surface area contributed by atoms with Crippen LogP contribution in [-0.2, 0) is 5.75 Å². The number of thioether (sulfide) groups is 1. The van der Waals surface area contributed by atoms with Gasteiger partial charge in [-0.25, -0.2) is 4.79 Å². The summed E-state index contributed by atoms with van der Waals surface area (Å²) in [4.78, 5) is 29.8. The number of rotatable bonds is 5. The number of pyridine rings is 2. The number of aromatic nitrogens is 2. The van der Waals surface area contributed by atoms with E-state index in [9.17, 15) is 14.9 Å². The summed E-state index contributed by atoms with van der Waals surface area (Å²) < 4.78 is 0. The fourth-order valence-corrected chi connectivity index (χ4v) is 3.43. The zero-order valence-electron chi connectivity index (χ0n) is 13.5. The molecule has 1 aromatic carbocycles. The number of nitrogens with zero attached hydrogens (tertiary/aromatic N) is 2. The van der Waals surface area contributed by atoms with Crippen LogP contribution in [0, 0.1) is 11.3 Å². The summed E-state index contributed by atoms with van der Waals surface area (Å²) in [5.74, 6) is -0.575. The molecule has 0 fully saturated rings. The van der Waals surface area contributed by atoms with Crippen molar-refractivity contribution in [3.05, 3.63) is 81.9 Å². The lowest BCUT2D eigenvalue weighted by atomic mass is 10.0. The lowest BCUT2D eigenvalue weighted by Gasteiger charge is -2.09. The maximum atomic E-state index is 12.0. The molecule has 2 N–H and O–H groups in total. The molecule has 0 aliphatic rings. The number of nitriles is 1. The van der Waals surface area contributed by atoms with Crippen LogP contribution in [0.3, 0.4) is 0 Å². The van der Waals surface area contributed by atoms with E-state index in [1.165, 1.54) is 23.9 Å². The fraction of sp³-hybridized carbons (Fsp3) is 0.0526. The van der Waals surface area contributed by atoms with Gasteiger partial charge in [-0.05, 0) is 35.4 Å². The molecule has 3 aromatic rings. The molecule has 7 heteroatoms. The summed E-state index contributed by atoms with van der Waals surface area (Å²) in [5, 5.41) is 19.1. The Morgan fingerprint density at radius 2 is 2.00 bits per heavy atom. The van der Waals surface area contributed by atoms with Gasteiger partial charge in [0.2, 0.25) is 5.56 Å². The molecular weight excluding hydrogens is 350 g/mol. The van der Waals surface area contributed by atoms with Crippen molar-refractivity contribution in [2.45, 2.75) is 10.8 Å². The number of benzene rings is 1. The van der Waals surface area contributed by atoms with Gasteiger partial charge >= 0.3 is 5.97 Å².